The Morgan fingerprint density at radius 2 is 1.92 bits per heavy atom. The number of aromatic nitrogens is 3. The smallest absolute Gasteiger partial charge is 0.257 e. The topological polar surface area (TPSA) is 59.3 Å². The zero-order valence-electron chi connectivity index (χ0n) is 13.4. The minimum Gasteiger partial charge on any atom is -0.321 e. The van der Waals surface area contributed by atoms with Crippen LogP contribution in [0.25, 0.3) is 16.9 Å². The molecule has 0 atom stereocenters. The van der Waals surface area contributed by atoms with E-state index in [2.05, 4.69) is 15.3 Å². The summed E-state index contributed by atoms with van der Waals surface area (Å²) in [7, 11) is 0. The van der Waals surface area contributed by atoms with Crippen molar-refractivity contribution in [1.82, 2.24) is 14.4 Å². The highest BCUT2D eigenvalue weighted by Crippen LogP contribution is 2.22. The molecule has 5 nitrogen and oxygen atoms in total. The summed E-state index contributed by atoms with van der Waals surface area (Å²) in [5.41, 5.74) is 2.60. The van der Waals surface area contributed by atoms with Gasteiger partial charge in [0, 0.05) is 30.4 Å². The Hall–Kier alpha value is -3.61. The van der Waals surface area contributed by atoms with Crippen LogP contribution >= 0.6 is 0 Å². The molecule has 0 unspecified atom stereocenters. The van der Waals surface area contributed by atoms with Crippen LogP contribution < -0.4 is 5.32 Å². The maximum absolute atomic E-state index is 13.4. The summed E-state index contributed by atoms with van der Waals surface area (Å²) in [6, 6.07) is 10.4. The van der Waals surface area contributed by atoms with Crippen molar-refractivity contribution < 1.29 is 13.6 Å². The number of nitrogens with zero attached hydrogens (tertiary/aromatic N) is 3. The second-order valence-electron chi connectivity index (χ2n) is 5.63. The van der Waals surface area contributed by atoms with E-state index in [1.165, 1.54) is 12.3 Å². The van der Waals surface area contributed by atoms with Crippen molar-refractivity contribution in [3.63, 3.8) is 0 Å². The van der Waals surface area contributed by atoms with E-state index in [9.17, 15) is 13.6 Å². The molecule has 128 valence electrons. The van der Waals surface area contributed by atoms with Gasteiger partial charge in [0.1, 0.15) is 5.65 Å². The third-order valence-corrected chi connectivity index (χ3v) is 3.85. The summed E-state index contributed by atoms with van der Waals surface area (Å²) in [5, 5.41) is 2.78. The lowest BCUT2D eigenvalue weighted by Crippen LogP contribution is -2.12. The Bertz CT molecular complexity index is 1110. The van der Waals surface area contributed by atoms with Crippen LogP contribution in [0, 0.1) is 11.6 Å². The maximum atomic E-state index is 13.4. The second kappa shape index (κ2) is 6.36. The molecule has 0 aliphatic carbocycles. The normalized spacial score (nSPS) is 10.8. The first-order valence-corrected chi connectivity index (χ1v) is 7.76. The third-order valence-electron chi connectivity index (χ3n) is 3.85. The molecule has 1 amide bonds. The average Bonchev–Trinajstić information content (AvgIpc) is 3.08. The van der Waals surface area contributed by atoms with Crippen molar-refractivity contribution in [2.75, 3.05) is 5.32 Å². The summed E-state index contributed by atoms with van der Waals surface area (Å²) in [4.78, 5) is 20.5. The number of nitrogens with one attached hydrogen (secondary N) is 1. The molecule has 0 saturated heterocycles. The molecule has 0 saturated carbocycles. The zero-order chi connectivity index (χ0) is 18.1. The summed E-state index contributed by atoms with van der Waals surface area (Å²) in [6.07, 6.45) is 6.45. The molecule has 26 heavy (non-hydrogen) atoms. The second-order valence-corrected chi connectivity index (χ2v) is 5.63. The van der Waals surface area contributed by atoms with E-state index in [-0.39, 0.29) is 5.91 Å². The van der Waals surface area contributed by atoms with E-state index in [1.807, 2.05) is 0 Å². The zero-order valence-corrected chi connectivity index (χ0v) is 13.4. The number of rotatable bonds is 3. The number of carbonyl (C=O) groups is 1. The van der Waals surface area contributed by atoms with E-state index in [0.29, 0.717) is 28.2 Å². The molecule has 0 fully saturated rings. The Morgan fingerprint density at radius 3 is 2.69 bits per heavy atom. The molecule has 0 bridgehead atoms. The van der Waals surface area contributed by atoms with Crippen LogP contribution in [0.5, 0.6) is 0 Å². The lowest BCUT2D eigenvalue weighted by Gasteiger charge is -2.05. The van der Waals surface area contributed by atoms with Gasteiger partial charge in [-0.3, -0.25) is 9.78 Å². The van der Waals surface area contributed by atoms with Crippen molar-refractivity contribution in [1.29, 1.82) is 0 Å². The number of anilines is 1. The van der Waals surface area contributed by atoms with Gasteiger partial charge in [0.15, 0.2) is 11.6 Å². The third kappa shape index (κ3) is 3.02. The van der Waals surface area contributed by atoms with Gasteiger partial charge < -0.3 is 9.72 Å². The van der Waals surface area contributed by atoms with Crippen LogP contribution in [0.15, 0.2) is 67.3 Å². The molecule has 3 aromatic heterocycles. The number of pyridine rings is 2. The summed E-state index contributed by atoms with van der Waals surface area (Å²) < 4.78 is 28.2. The SMILES string of the molecule is O=C(Nc1ccc2nc(-c3ccc(F)c(F)c3)cn2c1)c1cccnc1. The van der Waals surface area contributed by atoms with Gasteiger partial charge in [0.25, 0.3) is 5.91 Å². The highest BCUT2D eigenvalue weighted by Gasteiger charge is 2.10. The Morgan fingerprint density at radius 1 is 1.04 bits per heavy atom. The number of halogens is 2. The number of amides is 1. The van der Waals surface area contributed by atoms with Crippen LogP contribution in [0.1, 0.15) is 10.4 Å². The number of benzene rings is 1. The Balaban J connectivity index is 1.63. The van der Waals surface area contributed by atoms with Crippen LogP contribution in [0.2, 0.25) is 0 Å². The molecular formula is C19H12F2N4O. The number of carbonyl (C=O) groups excluding carboxylic acids is 1. The predicted molar refractivity (Wildman–Crippen MR) is 92.7 cm³/mol. The monoisotopic (exact) mass is 350 g/mol. The lowest BCUT2D eigenvalue weighted by molar-refractivity contribution is 0.102. The average molecular weight is 350 g/mol. The first-order valence-electron chi connectivity index (χ1n) is 7.76. The largest absolute Gasteiger partial charge is 0.321 e. The van der Waals surface area contributed by atoms with Gasteiger partial charge in [-0.05, 0) is 42.5 Å². The van der Waals surface area contributed by atoms with Crippen molar-refractivity contribution in [3.05, 3.63) is 84.4 Å². The molecule has 0 spiro atoms. The molecule has 3 heterocycles. The summed E-state index contributed by atoms with van der Waals surface area (Å²) >= 11 is 0. The number of hydrogen-bond acceptors (Lipinski definition) is 3. The summed E-state index contributed by atoms with van der Waals surface area (Å²) in [5.74, 6) is -2.11. The van der Waals surface area contributed by atoms with Crippen molar-refractivity contribution >= 4 is 17.2 Å². The number of hydrogen-bond donors (Lipinski definition) is 1. The van der Waals surface area contributed by atoms with Crippen molar-refractivity contribution in [2.45, 2.75) is 0 Å². The van der Waals surface area contributed by atoms with Crippen molar-refractivity contribution in [2.24, 2.45) is 0 Å². The minimum absolute atomic E-state index is 0.279. The van der Waals surface area contributed by atoms with Gasteiger partial charge in [-0.1, -0.05) is 0 Å². The highest BCUT2D eigenvalue weighted by molar-refractivity contribution is 6.04. The van der Waals surface area contributed by atoms with Crippen molar-refractivity contribution in [3.8, 4) is 11.3 Å². The fourth-order valence-electron chi connectivity index (χ4n) is 2.56. The van der Waals surface area contributed by atoms with E-state index < -0.39 is 11.6 Å². The van der Waals surface area contributed by atoms with Crippen LogP contribution in [-0.4, -0.2) is 20.3 Å². The van der Waals surface area contributed by atoms with Gasteiger partial charge in [0.2, 0.25) is 0 Å². The van der Waals surface area contributed by atoms with Gasteiger partial charge in [-0.15, -0.1) is 0 Å². The molecule has 1 N–H and O–H groups in total. The van der Waals surface area contributed by atoms with Crippen LogP contribution in [-0.2, 0) is 0 Å². The van der Waals surface area contributed by atoms with Gasteiger partial charge in [0.05, 0.1) is 16.9 Å². The fourth-order valence-corrected chi connectivity index (χ4v) is 2.56. The Kier molecular flexibility index (Phi) is 3.89. The molecule has 4 rings (SSSR count). The van der Waals surface area contributed by atoms with Gasteiger partial charge in [-0.25, -0.2) is 13.8 Å². The Labute approximate surface area is 147 Å². The minimum atomic E-state index is -0.927. The quantitative estimate of drug-likeness (QED) is 0.609. The first kappa shape index (κ1) is 15.9. The number of imidazole rings is 1. The molecule has 1 aromatic carbocycles. The first-order chi connectivity index (χ1) is 12.6. The molecule has 0 aliphatic rings. The molecule has 0 aliphatic heterocycles. The predicted octanol–water partition coefficient (Wildman–Crippen LogP) is 3.93. The van der Waals surface area contributed by atoms with E-state index in [0.717, 1.165) is 12.1 Å². The number of fused-ring (bicyclic) bond motifs is 1. The van der Waals surface area contributed by atoms with Crippen LogP contribution in [0.3, 0.4) is 0 Å². The van der Waals surface area contributed by atoms with E-state index >= 15 is 0 Å². The van der Waals surface area contributed by atoms with E-state index in [4.69, 9.17) is 0 Å². The fraction of sp³-hybridized carbons (Fsp3) is 0. The summed E-state index contributed by atoms with van der Waals surface area (Å²) in [6.45, 7) is 0. The van der Waals surface area contributed by atoms with E-state index in [1.54, 1.807) is 47.3 Å². The molecular weight excluding hydrogens is 338 g/mol. The standard InChI is InChI=1S/C19H12F2N4O/c20-15-5-3-12(8-16(15)21)17-11-25-10-14(4-6-18(25)24-17)23-19(26)13-2-1-7-22-9-13/h1-11H,(H,23,26). The lowest BCUT2D eigenvalue weighted by atomic mass is 10.1. The van der Waals surface area contributed by atoms with Gasteiger partial charge >= 0.3 is 0 Å². The molecule has 0 radical (unpaired) electrons. The molecule has 4 aromatic rings. The molecule has 7 heteroatoms. The van der Waals surface area contributed by atoms with Crippen LogP contribution in [0.4, 0.5) is 14.5 Å². The maximum Gasteiger partial charge on any atom is 0.257 e. The van der Waals surface area contributed by atoms with Gasteiger partial charge in [-0.2, -0.15) is 0 Å². The highest BCUT2D eigenvalue weighted by atomic mass is 19.2.